The van der Waals surface area contributed by atoms with Crippen LogP contribution in [0.1, 0.15) is 12.8 Å². The maximum absolute atomic E-state index is 9.65. The molecule has 0 atom stereocenters. The standard InChI is InChI=1S/C4H8O3.Na/c5-3-1-2-4(6)7;/h5H,1-3H2,(H,6,7);/i1+1,2+1,3+1,4+1;. The summed E-state index contributed by atoms with van der Waals surface area (Å²) in [6, 6.07) is 0. The molecule has 3 nitrogen and oxygen atoms in total. The van der Waals surface area contributed by atoms with Gasteiger partial charge >= 0.3 is 5.97 Å². The first-order valence-electron chi connectivity index (χ1n) is 2.10. The van der Waals surface area contributed by atoms with E-state index >= 15 is 0 Å². The molecular weight excluding hydrogens is 123 g/mol. The van der Waals surface area contributed by atoms with Crippen LogP contribution in [0.2, 0.25) is 0 Å². The Bertz CT molecular complexity index is 64.3. The van der Waals surface area contributed by atoms with E-state index in [1.54, 1.807) is 0 Å². The van der Waals surface area contributed by atoms with Crippen LogP contribution in [0.3, 0.4) is 0 Å². The maximum atomic E-state index is 9.65. The van der Waals surface area contributed by atoms with Crippen molar-refractivity contribution in [1.29, 1.82) is 0 Å². The minimum atomic E-state index is -0.853. The Morgan fingerprint density at radius 2 is 2.00 bits per heavy atom. The van der Waals surface area contributed by atoms with Crippen molar-refractivity contribution in [2.24, 2.45) is 0 Å². The zero-order valence-electron chi connectivity index (χ0n) is 4.92. The van der Waals surface area contributed by atoms with Crippen LogP contribution in [0.5, 0.6) is 0 Å². The Morgan fingerprint density at radius 1 is 1.50 bits per heavy atom. The van der Waals surface area contributed by atoms with E-state index in [0.717, 1.165) is 0 Å². The van der Waals surface area contributed by atoms with Crippen molar-refractivity contribution in [2.75, 3.05) is 6.61 Å². The van der Waals surface area contributed by atoms with Crippen LogP contribution in [0, 0.1) is 0 Å². The third kappa shape index (κ3) is 9.66. The third-order valence-electron chi connectivity index (χ3n) is 0.549. The van der Waals surface area contributed by atoms with E-state index in [2.05, 4.69) is 0 Å². The fourth-order valence-electron chi connectivity index (χ4n) is 0.230. The van der Waals surface area contributed by atoms with Gasteiger partial charge in [0.15, 0.2) is 0 Å². The van der Waals surface area contributed by atoms with Gasteiger partial charge in [-0.2, -0.15) is 0 Å². The average Bonchev–Trinajstić information content (AvgIpc) is 1.61. The molecule has 0 aliphatic carbocycles. The molecule has 0 aliphatic heterocycles. The number of hydrogen-bond donors (Lipinski definition) is 2. The van der Waals surface area contributed by atoms with Gasteiger partial charge in [-0.25, -0.2) is 0 Å². The van der Waals surface area contributed by atoms with Crippen molar-refractivity contribution >= 4 is 35.5 Å². The van der Waals surface area contributed by atoms with Gasteiger partial charge in [-0.15, -0.1) is 0 Å². The average molecular weight is 131 g/mol. The van der Waals surface area contributed by atoms with Gasteiger partial charge in [-0.1, -0.05) is 0 Å². The molecule has 0 aromatic heterocycles. The normalized spacial score (nSPS) is 7.62. The van der Waals surface area contributed by atoms with Crippen LogP contribution in [-0.4, -0.2) is 52.3 Å². The molecule has 0 fully saturated rings. The Balaban J connectivity index is 0. The van der Waals surface area contributed by atoms with Crippen LogP contribution in [0.4, 0.5) is 0 Å². The predicted octanol–water partition coefficient (Wildman–Crippen LogP) is -0.537. The summed E-state index contributed by atoms with van der Waals surface area (Å²) < 4.78 is 0. The van der Waals surface area contributed by atoms with Gasteiger partial charge in [0.1, 0.15) is 0 Å². The molecule has 0 amide bonds. The molecule has 0 unspecified atom stereocenters. The van der Waals surface area contributed by atoms with Gasteiger partial charge in [0.05, 0.1) is 0 Å². The van der Waals surface area contributed by atoms with Crippen molar-refractivity contribution in [3.63, 3.8) is 0 Å². The number of carboxylic acid groups (broad SMARTS) is 1. The van der Waals surface area contributed by atoms with Crippen molar-refractivity contribution in [1.82, 2.24) is 0 Å². The van der Waals surface area contributed by atoms with Gasteiger partial charge in [0.25, 0.3) is 0 Å². The first-order chi connectivity index (χ1) is 3.27. The van der Waals surface area contributed by atoms with Gasteiger partial charge in [0, 0.05) is 42.6 Å². The van der Waals surface area contributed by atoms with Gasteiger partial charge in [-0.05, 0) is 6.42 Å². The van der Waals surface area contributed by atoms with Crippen molar-refractivity contribution in [2.45, 2.75) is 12.8 Å². The fraction of sp³-hybridized carbons (Fsp3) is 0.750. The molecule has 0 aromatic rings. The maximum Gasteiger partial charge on any atom is 0.303 e. The van der Waals surface area contributed by atoms with E-state index in [1.165, 1.54) is 0 Å². The first-order valence-corrected chi connectivity index (χ1v) is 2.10. The van der Waals surface area contributed by atoms with Crippen molar-refractivity contribution in [3.05, 3.63) is 0 Å². The van der Waals surface area contributed by atoms with E-state index in [-0.39, 0.29) is 42.6 Å². The minimum Gasteiger partial charge on any atom is -0.481 e. The van der Waals surface area contributed by atoms with Crippen LogP contribution in [0.15, 0.2) is 0 Å². The van der Waals surface area contributed by atoms with Crippen LogP contribution in [0.25, 0.3) is 0 Å². The Labute approximate surface area is 70.0 Å². The quantitative estimate of drug-likeness (QED) is 0.399. The number of rotatable bonds is 3. The molecule has 8 heavy (non-hydrogen) atoms. The summed E-state index contributed by atoms with van der Waals surface area (Å²) in [7, 11) is 0. The largest absolute Gasteiger partial charge is 0.481 e. The Morgan fingerprint density at radius 3 is 2.12 bits per heavy atom. The molecule has 0 bridgehead atoms. The molecule has 43 valence electrons. The van der Waals surface area contributed by atoms with E-state index in [9.17, 15) is 4.79 Å². The van der Waals surface area contributed by atoms with E-state index < -0.39 is 5.97 Å². The first kappa shape index (κ1) is 11.3. The number of aliphatic hydroxyl groups is 1. The Hall–Kier alpha value is 0.430. The van der Waals surface area contributed by atoms with Crippen LogP contribution in [-0.2, 0) is 4.79 Å². The molecule has 0 spiro atoms. The SMILES string of the molecule is O=[13C](O)[13CH2][13CH2][13CH2]O.[Na]. The molecule has 0 heterocycles. The molecule has 0 saturated carbocycles. The summed E-state index contributed by atoms with van der Waals surface area (Å²) in [6.07, 6.45) is 0.422. The van der Waals surface area contributed by atoms with E-state index in [4.69, 9.17) is 10.2 Å². The monoisotopic (exact) mass is 131 g/mol. The van der Waals surface area contributed by atoms with E-state index in [0.29, 0.717) is 6.42 Å². The molecule has 2 N–H and O–H groups in total. The zero-order valence-corrected chi connectivity index (χ0v) is 6.92. The zero-order chi connectivity index (χ0) is 5.70. The number of carbonyl (C=O) groups is 1. The second-order valence-electron chi connectivity index (χ2n) is 1.22. The molecule has 1 radical (unpaired) electrons. The predicted molar refractivity (Wildman–Crippen MR) is 29.7 cm³/mol. The third-order valence-corrected chi connectivity index (χ3v) is 0.549. The second-order valence-corrected chi connectivity index (χ2v) is 1.22. The summed E-state index contributed by atoms with van der Waals surface area (Å²) in [6.45, 7) is -0.0354. The number of hydrogen-bond acceptors (Lipinski definition) is 2. The number of aliphatic carboxylic acids is 1. The number of aliphatic hydroxyl groups excluding tert-OH is 1. The molecule has 0 saturated heterocycles. The summed E-state index contributed by atoms with van der Waals surface area (Å²) in [5.74, 6) is -0.853. The summed E-state index contributed by atoms with van der Waals surface area (Å²) in [5.41, 5.74) is 0. The molecular formula is C4H8NaO3. The minimum absolute atomic E-state index is 0. The molecule has 0 aromatic carbocycles. The van der Waals surface area contributed by atoms with Crippen molar-refractivity contribution in [3.8, 4) is 0 Å². The molecule has 0 rings (SSSR count). The van der Waals surface area contributed by atoms with E-state index in [1.807, 2.05) is 0 Å². The summed E-state index contributed by atoms with van der Waals surface area (Å²) in [5, 5.41) is 16.0. The molecule has 4 heteroatoms. The fourth-order valence-corrected chi connectivity index (χ4v) is 0.230. The summed E-state index contributed by atoms with van der Waals surface area (Å²) >= 11 is 0. The topological polar surface area (TPSA) is 57.5 Å². The smallest absolute Gasteiger partial charge is 0.303 e. The molecule has 0 aliphatic rings. The number of carboxylic acids is 1. The van der Waals surface area contributed by atoms with Gasteiger partial charge < -0.3 is 10.2 Å². The van der Waals surface area contributed by atoms with Gasteiger partial charge in [0.2, 0.25) is 0 Å². The van der Waals surface area contributed by atoms with Crippen molar-refractivity contribution < 1.29 is 15.0 Å². The van der Waals surface area contributed by atoms with Crippen LogP contribution >= 0.6 is 0 Å². The summed E-state index contributed by atoms with van der Waals surface area (Å²) in [4.78, 5) is 9.65. The second kappa shape index (κ2) is 7.43. The van der Waals surface area contributed by atoms with Gasteiger partial charge in [-0.3, -0.25) is 4.79 Å². The van der Waals surface area contributed by atoms with Crippen LogP contribution < -0.4 is 0 Å². The Kier molecular flexibility index (Phi) is 10.5.